The molecule has 0 unspecified atom stereocenters. The predicted octanol–water partition coefficient (Wildman–Crippen LogP) is 2.84. The van der Waals surface area contributed by atoms with Crippen LogP contribution in [-0.4, -0.2) is 12.6 Å². The maximum atomic E-state index is 3.48. The Labute approximate surface area is 85.8 Å². The first kappa shape index (κ1) is 9.47. The van der Waals surface area contributed by atoms with Crippen LogP contribution in [0.5, 0.6) is 0 Å². The van der Waals surface area contributed by atoms with E-state index in [2.05, 4.69) is 48.6 Å². The Hall–Kier alpha value is -1.08. The Morgan fingerprint density at radius 3 is 2.79 bits per heavy atom. The Morgan fingerprint density at radius 1 is 1.36 bits per heavy atom. The Morgan fingerprint density at radius 2 is 2.14 bits per heavy atom. The van der Waals surface area contributed by atoms with Crippen molar-refractivity contribution in [2.75, 3.05) is 6.54 Å². The lowest BCUT2D eigenvalue weighted by atomic mass is 10.0. The van der Waals surface area contributed by atoms with Gasteiger partial charge in [-0.05, 0) is 37.4 Å². The summed E-state index contributed by atoms with van der Waals surface area (Å²) in [5.41, 5.74) is 2.71. The lowest BCUT2D eigenvalue weighted by Crippen LogP contribution is -2.18. The maximum Gasteiger partial charge on any atom is 0.0256 e. The zero-order valence-corrected chi connectivity index (χ0v) is 8.66. The molecule has 1 aliphatic rings. The average molecular weight is 187 g/mol. The van der Waals surface area contributed by atoms with E-state index in [0.717, 1.165) is 0 Å². The van der Waals surface area contributed by atoms with Crippen LogP contribution >= 0.6 is 0 Å². The molecule has 1 heterocycles. The van der Waals surface area contributed by atoms with Gasteiger partial charge in [0, 0.05) is 6.04 Å². The van der Waals surface area contributed by atoms with Crippen molar-refractivity contribution in [3.05, 3.63) is 42.0 Å². The van der Waals surface area contributed by atoms with Gasteiger partial charge in [0.05, 0.1) is 0 Å². The van der Waals surface area contributed by atoms with Gasteiger partial charge >= 0.3 is 0 Å². The average Bonchev–Trinajstić information content (AvgIpc) is 2.72. The van der Waals surface area contributed by atoms with Gasteiger partial charge in [-0.15, -0.1) is 0 Å². The van der Waals surface area contributed by atoms with E-state index in [1.165, 1.54) is 30.5 Å². The highest BCUT2D eigenvalue weighted by molar-refractivity contribution is 5.64. The summed E-state index contributed by atoms with van der Waals surface area (Å²) in [6.45, 7) is 3.36. The number of benzene rings is 1. The first-order chi connectivity index (χ1) is 6.86. The first-order valence-electron chi connectivity index (χ1n) is 5.33. The molecule has 1 heteroatoms. The Kier molecular flexibility index (Phi) is 3.00. The molecule has 74 valence electrons. The Balaban J connectivity index is 2.10. The second-order valence-corrected chi connectivity index (χ2v) is 3.92. The van der Waals surface area contributed by atoms with Gasteiger partial charge in [-0.1, -0.05) is 36.4 Å². The lowest BCUT2D eigenvalue weighted by Gasteiger charge is -2.06. The normalized spacial score (nSPS) is 22.6. The fraction of sp³-hybridized carbons (Fsp3) is 0.385. The molecule has 1 nitrogen and oxygen atoms in total. The van der Waals surface area contributed by atoms with E-state index in [0.29, 0.717) is 6.04 Å². The van der Waals surface area contributed by atoms with Gasteiger partial charge in [0.1, 0.15) is 0 Å². The Bertz CT molecular complexity index is 307. The monoisotopic (exact) mass is 187 g/mol. The molecule has 1 fully saturated rings. The van der Waals surface area contributed by atoms with E-state index < -0.39 is 0 Å². The number of allylic oxidation sites excluding steroid dienone is 1. The van der Waals surface area contributed by atoms with Gasteiger partial charge in [-0.3, -0.25) is 0 Å². The third-order valence-electron chi connectivity index (χ3n) is 2.78. The van der Waals surface area contributed by atoms with Gasteiger partial charge in [0.15, 0.2) is 0 Å². The highest BCUT2D eigenvalue weighted by Crippen LogP contribution is 2.16. The van der Waals surface area contributed by atoms with Crippen LogP contribution in [0, 0.1) is 0 Å². The van der Waals surface area contributed by atoms with Crippen molar-refractivity contribution < 1.29 is 0 Å². The van der Waals surface area contributed by atoms with Crippen molar-refractivity contribution in [1.29, 1.82) is 0 Å². The highest BCUT2D eigenvalue weighted by atomic mass is 14.9. The summed E-state index contributed by atoms with van der Waals surface area (Å²) in [6.07, 6.45) is 4.94. The maximum absolute atomic E-state index is 3.48. The molecule has 1 aromatic rings. The van der Waals surface area contributed by atoms with E-state index in [1.54, 1.807) is 0 Å². The predicted molar refractivity (Wildman–Crippen MR) is 61.1 cm³/mol. The van der Waals surface area contributed by atoms with E-state index in [4.69, 9.17) is 0 Å². The molecule has 1 N–H and O–H groups in total. The number of hydrogen-bond donors (Lipinski definition) is 1. The quantitative estimate of drug-likeness (QED) is 0.750. The molecule has 14 heavy (non-hydrogen) atoms. The summed E-state index contributed by atoms with van der Waals surface area (Å²) >= 11 is 0. The molecule has 0 aromatic heterocycles. The molecular formula is C13H17N. The largest absolute Gasteiger partial charge is 0.310 e. The smallest absolute Gasteiger partial charge is 0.0256 e. The number of nitrogens with one attached hydrogen (secondary N) is 1. The summed E-state index contributed by atoms with van der Waals surface area (Å²) in [7, 11) is 0. The minimum Gasteiger partial charge on any atom is -0.310 e. The van der Waals surface area contributed by atoms with Gasteiger partial charge in [0.25, 0.3) is 0 Å². The van der Waals surface area contributed by atoms with Crippen LogP contribution in [0.4, 0.5) is 0 Å². The topological polar surface area (TPSA) is 12.0 Å². The van der Waals surface area contributed by atoms with Crippen LogP contribution in [0.15, 0.2) is 36.4 Å². The third-order valence-corrected chi connectivity index (χ3v) is 2.78. The van der Waals surface area contributed by atoms with Crippen LogP contribution in [0.25, 0.3) is 5.57 Å². The van der Waals surface area contributed by atoms with Crippen LogP contribution in [0.3, 0.4) is 0 Å². The zero-order chi connectivity index (χ0) is 9.80. The minimum atomic E-state index is 0.593. The summed E-state index contributed by atoms with van der Waals surface area (Å²) in [6, 6.07) is 11.2. The standard InChI is InChI=1S/C13H17N/c1-11(10-13-8-5-9-14-13)12-6-3-2-4-7-12/h2-4,6-7,10,13-14H,5,8-9H2,1H3/b11-10+/t13-/m0/s1. The van der Waals surface area contributed by atoms with Crippen LogP contribution in [0.1, 0.15) is 25.3 Å². The SMILES string of the molecule is C/C(=C\[C@@H]1CCCN1)c1ccccc1. The molecule has 1 aromatic carbocycles. The number of hydrogen-bond acceptors (Lipinski definition) is 1. The second kappa shape index (κ2) is 4.43. The van der Waals surface area contributed by atoms with Crippen molar-refractivity contribution in [2.24, 2.45) is 0 Å². The van der Waals surface area contributed by atoms with Crippen molar-refractivity contribution in [2.45, 2.75) is 25.8 Å². The van der Waals surface area contributed by atoms with Gasteiger partial charge in [-0.2, -0.15) is 0 Å². The minimum absolute atomic E-state index is 0.593. The lowest BCUT2D eigenvalue weighted by molar-refractivity contribution is 0.728. The van der Waals surface area contributed by atoms with Crippen LogP contribution in [0.2, 0.25) is 0 Å². The highest BCUT2D eigenvalue weighted by Gasteiger charge is 2.11. The molecule has 0 radical (unpaired) electrons. The van der Waals surface area contributed by atoms with E-state index >= 15 is 0 Å². The van der Waals surface area contributed by atoms with Crippen molar-refractivity contribution in [3.63, 3.8) is 0 Å². The van der Waals surface area contributed by atoms with Gasteiger partial charge in [0.2, 0.25) is 0 Å². The molecule has 0 amide bonds. The molecule has 0 saturated carbocycles. The summed E-state index contributed by atoms with van der Waals surface area (Å²) in [5, 5.41) is 3.48. The van der Waals surface area contributed by atoms with Crippen molar-refractivity contribution >= 4 is 5.57 Å². The second-order valence-electron chi connectivity index (χ2n) is 3.92. The summed E-state index contributed by atoms with van der Waals surface area (Å²) < 4.78 is 0. The van der Waals surface area contributed by atoms with Crippen LogP contribution < -0.4 is 5.32 Å². The van der Waals surface area contributed by atoms with Gasteiger partial charge in [-0.25, -0.2) is 0 Å². The van der Waals surface area contributed by atoms with E-state index in [9.17, 15) is 0 Å². The molecular weight excluding hydrogens is 170 g/mol. The fourth-order valence-corrected chi connectivity index (χ4v) is 1.95. The van der Waals surface area contributed by atoms with Crippen molar-refractivity contribution in [1.82, 2.24) is 5.32 Å². The first-order valence-corrected chi connectivity index (χ1v) is 5.33. The molecule has 0 spiro atoms. The van der Waals surface area contributed by atoms with E-state index in [-0.39, 0.29) is 0 Å². The van der Waals surface area contributed by atoms with E-state index in [1.807, 2.05) is 0 Å². The summed E-state index contributed by atoms with van der Waals surface area (Å²) in [5.74, 6) is 0. The molecule has 0 aliphatic carbocycles. The van der Waals surface area contributed by atoms with Gasteiger partial charge < -0.3 is 5.32 Å². The molecule has 1 saturated heterocycles. The molecule has 1 aliphatic heterocycles. The summed E-state index contributed by atoms with van der Waals surface area (Å²) in [4.78, 5) is 0. The van der Waals surface area contributed by atoms with Crippen LogP contribution in [-0.2, 0) is 0 Å². The molecule has 0 bridgehead atoms. The van der Waals surface area contributed by atoms with Crippen molar-refractivity contribution in [3.8, 4) is 0 Å². The zero-order valence-electron chi connectivity index (χ0n) is 8.66. The fourth-order valence-electron chi connectivity index (χ4n) is 1.95. The third kappa shape index (κ3) is 2.24. The number of rotatable bonds is 2. The molecule has 1 atom stereocenters. The molecule has 2 rings (SSSR count).